The highest BCUT2D eigenvalue weighted by Crippen LogP contribution is 2.31. The van der Waals surface area contributed by atoms with E-state index in [2.05, 4.69) is 29.7 Å². The van der Waals surface area contributed by atoms with Gasteiger partial charge in [-0.2, -0.15) is 4.68 Å². The number of benzene rings is 2. The van der Waals surface area contributed by atoms with Crippen LogP contribution in [0, 0.1) is 4.77 Å². The summed E-state index contributed by atoms with van der Waals surface area (Å²) >= 11 is 5.80. The van der Waals surface area contributed by atoms with Gasteiger partial charge in [0.15, 0.2) is 12.5 Å². The highest BCUT2D eigenvalue weighted by atomic mass is 32.1. The molecule has 2 heterocycles. The molecular weight excluding hydrogens is 396 g/mol. The zero-order valence-electron chi connectivity index (χ0n) is 17.8. The van der Waals surface area contributed by atoms with Gasteiger partial charge < -0.3 is 18.9 Å². The minimum atomic E-state index is 0.323. The molecule has 0 bridgehead atoms. The summed E-state index contributed by atoms with van der Waals surface area (Å²) in [6.07, 6.45) is 2.26. The largest absolute Gasteiger partial charge is 0.497 e. The van der Waals surface area contributed by atoms with Crippen molar-refractivity contribution in [3.63, 3.8) is 0 Å². The van der Waals surface area contributed by atoms with E-state index in [1.54, 1.807) is 14.2 Å². The van der Waals surface area contributed by atoms with Crippen LogP contribution in [0.1, 0.15) is 31.4 Å². The van der Waals surface area contributed by atoms with Gasteiger partial charge in [0, 0.05) is 24.9 Å². The third-order valence-electron chi connectivity index (χ3n) is 5.92. The van der Waals surface area contributed by atoms with E-state index in [1.165, 1.54) is 10.5 Å². The lowest BCUT2D eigenvalue weighted by molar-refractivity contribution is -0.941. The van der Waals surface area contributed by atoms with E-state index in [9.17, 15) is 0 Å². The van der Waals surface area contributed by atoms with Crippen molar-refractivity contribution in [3.05, 3.63) is 58.9 Å². The van der Waals surface area contributed by atoms with Crippen molar-refractivity contribution in [2.45, 2.75) is 39.0 Å². The summed E-state index contributed by atoms with van der Waals surface area (Å²) in [6, 6.07) is 16.6. The van der Waals surface area contributed by atoms with Crippen LogP contribution in [0.25, 0.3) is 11.4 Å². The molecule has 1 aliphatic rings. The van der Waals surface area contributed by atoms with Crippen molar-refractivity contribution in [2.75, 3.05) is 20.8 Å². The minimum absolute atomic E-state index is 0.323. The maximum atomic E-state index is 5.80. The summed E-state index contributed by atoms with van der Waals surface area (Å²) in [6.45, 7) is 4.72. The first kappa shape index (κ1) is 20.6. The smallest absolute Gasteiger partial charge is 0.203 e. The fourth-order valence-electron chi connectivity index (χ4n) is 4.41. The van der Waals surface area contributed by atoms with Crippen LogP contribution in [0.4, 0.5) is 0 Å². The Labute approximate surface area is 182 Å². The molecule has 1 aliphatic heterocycles. The number of rotatable bonds is 7. The molecule has 30 heavy (non-hydrogen) atoms. The lowest BCUT2D eigenvalue weighted by Gasteiger charge is -2.23. The summed E-state index contributed by atoms with van der Waals surface area (Å²) in [5, 5.41) is 4.92. The van der Waals surface area contributed by atoms with Gasteiger partial charge in [-0.25, -0.2) is 0 Å². The molecule has 0 spiro atoms. The van der Waals surface area contributed by atoms with E-state index in [-0.39, 0.29) is 0 Å². The molecule has 4 rings (SSSR count). The van der Waals surface area contributed by atoms with Crippen molar-refractivity contribution in [2.24, 2.45) is 0 Å². The third kappa shape index (κ3) is 3.87. The van der Waals surface area contributed by atoms with E-state index in [0.29, 0.717) is 6.04 Å². The van der Waals surface area contributed by atoms with Crippen LogP contribution >= 0.6 is 12.2 Å². The molecule has 0 aliphatic carbocycles. The standard InChI is InChI=1S/C23H28N4O2S/c1-4-26-22(17-9-6-5-7-10-17)24-27(23(26)30)16-25-14-8-11-20(25)19-15-18(28-2)12-13-21(19)29-3/h5-7,9-10,12-13,15,20H,4,8,11,14,16H2,1-3H3/p+1/t20-/m0/s1. The van der Waals surface area contributed by atoms with E-state index >= 15 is 0 Å². The number of hydrogen-bond acceptors (Lipinski definition) is 4. The van der Waals surface area contributed by atoms with Crippen LogP contribution in [0.3, 0.4) is 0 Å². The average Bonchev–Trinajstić information content (AvgIpc) is 3.38. The van der Waals surface area contributed by atoms with E-state index in [4.69, 9.17) is 26.8 Å². The Balaban J connectivity index is 1.66. The number of nitrogens with zero attached hydrogens (tertiary/aromatic N) is 3. The van der Waals surface area contributed by atoms with Crippen molar-refractivity contribution < 1.29 is 14.4 Å². The van der Waals surface area contributed by atoms with Crippen LogP contribution in [0.2, 0.25) is 0 Å². The van der Waals surface area contributed by atoms with Crippen molar-refractivity contribution in [1.82, 2.24) is 14.3 Å². The highest BCUT2D eigenvalue weighted by Gasteiger charge is 2.33. The number of nitrogens with one attached hydrogen (secondary N) is 1. The first-order valence-corrected chi connectivity index (χ1v) is 10.9. The average molecular weight is 426 g/mol. The van der Waals surface area contributed by atoms with Gasteiger partial charge in [-0.15, -0.1) is 5.10 Å². The topological polar surface area (TPSA) is 45.7 Å². The third-order valence-corrected chi connectivity index (χ3v) is 6.35. The van der Waals surface area contributed by atoms with Gasteiger partial charge in [-0.3, -0.25) is 0 Å². The monoisotopic (exact) mass is 425 g/mol. The maximum absolute atomic E-state index is 5.80. The quantitative estimate of drug-likeness (QED) is 0.589. The molecule has 0 saturated carbocycles. The molecule has 1 fully saturated rings. The first-order valence-electron chi connectivity index (χ1n) is 10.5. The molecule has 3 aromatic rings. The van der Waals surface area contributed by atoms with E-state index < -0.39 is 0 Å². The number of hydrogen-bond donors (Lipinski definition) is 1. The van der Waals surface area contributed by atoms with Crippen LogP contribution in [-0.4, -0.2) is 35.1 Å². The van der Waals surface area contributed by atoms with Gasteiger partial charge in [0.2, 0.25) is 4.77 Å². The van der Waals surface area contributed by atoms with Crippen molar-refractivity contribution in [3.8, 4) is 22.9 Å². The summed E-state index contributed by atoms with van der Waals surface area (Å²) in [5.41, 5.74) is 2.28. The van der Waals surface area contributed by atoms with Crippen LogP contribution in [0.15, 0.2) is 48.5 Å². The predicted molar refractivity (Wildman–Crippen MR) is 120 cm³/mol. The maximum Gasteiger partial charge on any atom is 0.203 e. The lowest BCUT2D eigenvalue weighted by Crippen LogP contribution is -3.09. The number of likely N-dealkylation sites (tertiary alicyclic amines) is 1. The molecule has 6 nitrogen and oxygen atoms in total. The summed E-state index contributed by atoms with van der Waals surface area (Å²) in [7, 11) is 3.43. The zero-order valence-corrected chi connectivity index (χ0v) is 18.6. The molecular formula is C23H29N4O2S+. The summed E-state index contributed by atoms with van der Waals surface area (Å²) in [5.74, 6) is 2.69. The zero-order chi connectivity index (χ0) is 21.1. The second-order valence-corrected chi connectivity index (χ2v) is 7.95. The molecule has 1 N–H and O–H groups in total. The van der Waals surface area contributed by atoms with E-state index in [0.717, 1.165) is 60.3 Å². The van der Waals surface area contributed by atoms with Crippen LogP contribution in [-0.2, 0) is 13.2 Å². The van der Waals surface area contributed by atoms with Gasteiger partial charge in [-0.05, 0) is 37.3 Å². The molecule has 0 radical (unpaired) electrons. The van der Waals surface area contributed by atoms with Crippen LogP contribution in [0.5, 0.6) is 11.5 Å². The number of aromatic nitrogens is 3. The van der Waals surface area contributed by atoms with Crippen LogP contribution < -0.4 is 14.4 Å². The molecule has 1 aromatic heterocycles. The summed E-state index contributed by atoms with van der Waals surface area (Å²) in [4.78, 5) is 1.44. The van der Waals surface area contributed by atoms with Gasteiger partial charge in [0.05, 0.1) is 26.3 Å². The predicted octanol–water partition coefficient (Wildman–Crippen LogP) is 3.50. The lowest BCUT2D eigenvalue weighted by atomic mass is 10.0. The Kier molecular flexibility index (Phi) is 6.20. The fourth-order valence-corrected chi connectivity index (χ4v) is 4.73. The van der Waals surface area contributed by atoms with Gasteiger partial charge in [0.1, 0.15) is 17.5 Å². The Morgan fingerprint density at radius 1 is 1.13 bits per heavy atom. The van der Waals surface area contributed by atoms with E-state index in [1.807, 2.05) is 35.0 Å². The SMILES string of the molecule is CCn1c(-c2ccccc2)nn(C[NH+]2CCC[C@H]2c2cc(OC)ccc2OC)c1=S. The molecule has 2 atom stereocenters. The molecule has 158 valence electrons. The van der Waals surface area contributed by atoms with Gasteiger partial charge >= 0.3 is 0 Å². The molecule has 2 aromatic carbocycles. The Morgan fingerprint density at radius 2 is 1.93 bits per heavy atom. The Hall–Kier alpha value is -2.64. The number of quaternary nitrogens is 1. The minimum Gasteiger partial charge on any atom is -0.497 e. The number of methoxy groups -OCH3 is 2. The highest BCUT2D eigenvalue weighted by molar-refractivity contribution is 7.71. The number of ether oxygens (including phenoxy) is 2. The molecule has 1 unspecified atom stereocenters. The normalized spacial score (nSPS) is 18.5. The second-order valence-electron chi connectivity index (χ2n) is 7.59. The first-order chi connectivity index (χ1) is 14.7. The Bertz CT molecular complexity index is 1060. The molecule has 1 saturated heterocycles. The Morgan fingerprint density at radius 3 is 2.63 bits per heavy atom. The fraction of sp³-hybridized carbons (Fsp3) is 0.391. The second kappa shape index (κ2) is 9.02. The summed E-state index contributed by atoms with van der Waals surface area (Å²) < 4.78 is 16.0. The van der Waals surface area contributed by atoms with Crippen molar-refractivity contribution in [1.29, 1.82) is 0 Å². The molecule has 7 heteroatoms. The van der Waals surface area contributed by atoms with Gasteiger partial charge in [-0.1, -0.05) is 30.3 Å². The van der Waals surface area contributed by atoms with Gasteiger partial charge in [0.25, 0.3) is 0 Å². The molecule has 0 amide bonds. The van der Waals surface area contributed by atoms with Crippen molar-refractivity contribution >= 4 is 12.2 Å².